The number of aliphatic hydroxyl groups excluding tert-OH is 1. The van der Waals surface area contributed by atoms with Crippen LogP contribution in [0.25, 0.3) is 0 Å². The van der Waals surface area contributed by atoms with Crippen molar-refractivity contribution in [3.63, 3.8) is 0 Å². The lowest BCUT2D eigenvalue weighted by atomic mass is 9.51. The third-order valence-electron chi connectivity index (χ3n) is 8.99. The molecule has 2 heterocycles. The number of hydrogen-bond donors (Lipinski definition) is 2. The van der Waals surface area contributed by atoms with E-state index in [4.69, 9.17) is 33.2 Å². The zero-order chi connectivity index (χ0) is 33.6. The lowest BCUT2D eigenvalue weighted by molar-refractivity contribution is -0.277. The maximum Gasteiger partial charge on any atom is 0.312 e. The van der Waals surface area contributed by atoms with Crippen LogP contribution in [-0.4, -0.2) is 107 Å². The van der Waals surface area contributed by atoms with Crippen molar-refractivity contribution in [2.24, 2.45) is 17.3 Å². The monoisotopic (exact) mass is 638 g/mol. The van der Waals surface area contributed by atoms with Gasteiger partial charge < -0.3 is 43.4 Å². The third-order valence-corrected chi connectivity index (χ3v) is 8.99. The zero-order valence-electron chi connectivity index (χ0n) is 26.0. The number of aliphatic hydroxyl groups is 2. The van der Waals surface area contributed by atoms with Crippen LogP contribution in [0.3, 0.4) is 0 Å². The van der Waals surface area contributed by atoms with Gasteiger partial charge in [0.25, 0.3) is 0 Å². The van der Waals surface area contributed by atoms with Crippen LogP contribution >= 0.6 is 0 Å². The number of esters is 6. The normalized spacial score (nSPS) is 40.1. The number of epoxide rings is 1. The van der Waals surface area contributed by atoms with Gasteiger partial charge in [-0.2, -0.15) is 0 Å². The van der Waals surface area contributed by atoms with Gasteiger partial charge in [0.15, 0.2) is 30.0 Å². The Bertz CT molecular complexity index is 1330. The number of rotatable bonds is 6. The van der Waals surface area contributed by atoms with Crippen LogP contribution in [-0.2, 0) is 61.9 Å². The number of fused-ring (bicyclic) bond motifs is 3. The molecule has 0 amide bonds. The minimum atomic E-state index is -2.38. The minimum absolute atomic E-state index is 0.185. The summed E-state index contributed by atoms with van der Waals surface area (Å²) in [5.41, 5.74) is -5.77. The molecule has 1 saturated carbocycles. The van der Waals surface area contributed by atoms with Crippen LogP contribution < -0.4 is 0 Å². The second-order valence-corrected chi connectivity index (χ2v) is 12.0. The molecular weight excluding hydrogens is 600 g/mol. The van der Waals surface area contributed by atoms with E-state index in [2.05, 4.69) is 0 Å². The van der Waals surface area contributed by atoms with E-state index in [1.165, 1.54) is 39.0 Å². The van der Waals surface area contributed by atoms with Gasteiger partial charge in [0, 0.05) is 46.0 Å². The smallest absolute Gasteiger partial charge is 0.312 e. The molecule has 0 aromatic heterocycles. The van der Waals surface area contributed by atoms with E-state index in [1.54, 1.807) is 0 Å². The molecule has 11 atom stereocenters. The van der Waals surface area contributed by atoms with E-state index < -0.39 is 101 Å². The molecule has 3 fully saturated rings. The van der Waals surface area contributed by atoms with E-state index in [1.807, 2.05) is 0 Å². The molecule has 11 unspecified atom stereocenters. The predicted molar refractivity (Wildman–Crippen MR) is 146 cm³/mol. The van der Waals surface area contributed by atoms with Gasteiger partial charge in [-0.05, 0) is 18.6 Å². The third kappa shape index (κ3) is 5.95. The summed E-state index contributed by atoms with van der Waals surface area (Å²) in [6.07, 6.45) is -5.63. The summed E-state index contributed by atoms with van der Waals surface area (Å²) >= 11 is 0. The van der Waals surface area contributed by atoms with Crippen molar-refractivity contribution in [3.05, 3.63) is 23.8 Å². The second-order valence-electron chi connectivity index (χ2n) is 12.0. The number of ether oxygens (including phenoxy) is 7. The fraction of sp³-hybridized carbons (Fsp3) is 0.667. The molecule has 2 aliphatic carbocycles. The highest BCUT2D eigenvalue weighted by Gasteiger charge is 2.80. The molecule has 0 bridgehead atoms. The fourth-order valence-corrected chi connectivity index (χ4v) is 6.96. The number of carbonyl (C=O) groups excluding carboxylic acids is 6. The van der Waals surface area contributed by atoms with Crippen LogP contribution in [0.5, 0.6) is 0 Å². The van der Waals surface area contributed by atoms with E-state index in [0.717, 1.165) is 27.7 Å². The van der Waals surface area contributed by atoms with Gasteiger partial charge in [-0.3, -0.25) is 28.8 Å². The number of carbonyl (C=O) groups is 6. The molecule has 2 aliphatic heterocycles. The first-order valence-corrected chi connectivity index (χ1v) is 14.4. The molecule has 2 saturated heterocycles. The van der Waals surface area contributed by atoms with Gasteiger partial charge >= 0.3 is 35.8 Å². The Morgan fingerprint density at radius 1 is 0.889 bits per heavy atom. The van der Waals surface area contributed by atoms with Crippen LogP contribution in [0.4, 0.5) is 0 Å². The van der Waals surface area contributed by atoms with Gasteiger partial charge in [-0.25, -0.2) is 0 Å². The summed E-state index contributed by atoms with van der Waals surface area (Å²) in [6.45, 7) is 7.71. The van der Waals surface area contributed by atoms with Gasteiger partial charge in [0.05, 0.1) is 18.6 Å². The summed E-state index contributed by atoms with van der Waals surface area (Å²) in [5, 5.41) is 24.6. The first-order valence-electron chi connectivity index (χ1n) is 14.4. The molecule has 248 valence electrons. The van der Waals surface area contributed by atoms with Crippen molar-refractivity contribution in [1.29, 1.82) is 0 Å². The van der Waals surface area contributed by atoms with Crippen molar-refractivity contribution in [3.8, 4) is 0 Å². The predicted octanol–water partition coefficient (Wildman–Crippen LogP) is -0.169. The van der Waals surface area contributed by atoms with E-state index in [0.29, 0.717) is 0 Å². The van der Waals surface area contributed by atoms with Gasteiger partial charge in [0.1, 0.15) is 18.3 Å². The van der Waals surface area contributed by atoms with Crippen molar-refractivity contribution in [1.82, 2.24) is 0 Å². The highest BCUT2D eigenvalue weighted by molar-refractivity contribution is 5.78. The summed E-state index contributed by atoms with van der Waals surface area (Å²) in [4.78, 5) is 74.9. The molecule has 0 radical (unpaired) electrons. The largest absolute Gasteiger partial charge is 0.461 e. The van der Waals surface area contributed by atoms with Crippen LogP contribution in [0.15, 0.2) is 23.8 Å². The SMILES string of the molecule is CC(=O)OCC1=CC2OC(=O)C(C)C2(O)C(OC(C)=O)C2C3(CO3)C(OC(C)=O)C(OC(C)=O)C(OC(C)=O)C2(C)C(O)C=C1. The Balaban J connectivity index is 2.09. The van der Waals surface area contributed by atoms with Crippen molar-refractivity contribution >= 4 is 35.8 Å². The first kappa shape index (κ1) is 34.1. The Labute approximate surface area is 258 Å². The van der Waals surface area contributed by atoms with Crippen molar-refractivity contribution in [2.75, 3.05) is 13.2 Å². The Hall–Kier alpha value is -3.82. The molecule has 1 spiro atoms. The second kappa shape index (κ2) is 12.2. The molecule has 4 rings (SSSR count). The van der Waals surface area contributed by atoms with Crippen LogP contribution in [0.1, 0.15) is 48.5 Å². The van der Waals surface area contributed by atoms with Crippen molar-refractivity contribution < 1.29 is 72.1 Å². The van der Waals surface area contributed by atoms with E-state index in [9.17, 15) is 39.0 Å². The summed E-state index contributed by atoms with van der Waals surface area (Å²) < 4.78 is 39.5. The van der Waals surface area contributed by atoms with Crippen molar-refractivity contribution in [2.45, 2.75) is 96.3 Å². The maximum atomic E-state index is 13.1. The Kier molecular flexibility index (Phi) is 9.21. The topological polar surface area (TPSA) is 211 Å². The minimum Gasteiger partial charge on any atom is -0.461 e. The summed E-state index contributed by atoms with van der Waals surface area (Å²) in [6, 6.07) is 0. The molecule has 15 heteroatoms. The standard InChI is InChI=1S/C30H38O15/c1-13-27(37)45-21-10-19(11-39-14(2)31)8-9-20(36)28(7)23(26(30(13,21)38)44-18(6)35)29(12-40-29)25(43-17(5)34)22(41-15(3)32)24(28)42-16(4)33/h8-10,13,20-26,36,38H,11-12H2,1-7H3. The molecule has 15 nitrogen and oxygen atoms in total. The summed E-state index contributed by atoms with van der Waals surface area (Å²) in [5.74, 6) is -7.73. The van der Waals surface area contributed by atoms with Gasteiger partial charge in [-0.1, -0.05) is 19.1 Å². The highest BCUT2D eigenvalue weighted by Crippen LogP contribution is 2.62. The average Bonchev–Trinajstić information content (AvgIpc) is 3.67. The molecule has 0 aromatic carbocycles. The van der Waals surface area contributed by atoms with Gasteiger partial charge in [-0.15, -0.1) is 0 Å². The number of hydrogen-bond acceptors (Lipinski definition) is 15. The van der Waals surface area contributed by atoms with Crippen LogP contribution in [0, 0.1) is 17.3 Å². The molecule has 2 N–H and O–H groups in total. The quantitative estimate of drug-likeness (QED) is 0.220. The van der Waals surface area contributed by atoms with E-state index >= 15 is 0 Å². The Morgan fingerprint density at radius 3 is 1.93 bits per heavy atom. The molecule has 0 aromatic rings. The highest BCUT2D eigenvalue weighted by atomic mass is 16.7. The Morgan fingerprint density at radius 2 is 1.42 bits per heavy atom. The first-order chi connectivity index (χ1) is 20.9. The lowest BCUT2D eigenvalue weighted by Crippen LogP contribution is -2.75. The average molecular weight is 639 g/mol. The van der Waals surface area contributed by atoms with Crippen LogP contribution in [0.2, 0.25) is 0 Å². The zero-order valence-corrected chi connectivity index (χ0v) is 26.0. The molecule has 45 heavy (non-hydrogen) atoms. The molecule has 4 aliphatic rings. The summed E-state index contributed by atoms with van der Waals surface area (Å²) in [7, 11) is 0. The maximum absolute atomic E-state index is 13.1. The van der Waals surface area contributed by atoms with Gasteiger partial charge in [0.2, 0.25) is 0 Å². The lowest BCUT2D eigenvalue weighted by Gasteiger charge is -2.58. The van der Waals surface area contributed by atoms with E-state index in [-0.39, 0.29) is 18.8 Å². The molecular formula is C30H38O15. The fourth-order valence-electron chi connectivity index (χ4n) is 6.96.